The Morgan fingerprint density at radius 1 is 1.19 bits per heavy atom. The Balaban J connectivity index is 1.49. The molecule has 5 atom stereocenters. The monoisotopic (exact) mass is 454 g/mol. The smallest absolute Gasteiger partial charge is 0.244 e. The molecule has 4 aliphatic heterocycles. The SMILES string of the molecule is CCCNC(=O)[C@@H]1[C@@H]2CCC3(S2)C(C(=O)NCCN2CCOCC2)N(CCO)C(=O)[C@H]13. The lowest BCUT2D eigenvalue weighted by Gasteiger charge is -2.34. The number of hydrogen-bond acceptors (Lipinski definition) is 7. The van der Waals surface area contributed by atoms with Gasteiger partial charge in [-0.1, -0.05) is 6.92 Å². The highest BCUT2D eigenvalue weighted by molar-refractivity contribution is 8.02. The number of fused-ring (bicyclic) bond motifs is 1. The molecule has 4 aliphatic rings. The van der Waals surface area contributed by atoms with E-state index in [1.54, 1.807) is 11.8 Å². The number of rotatable bonds is 9. The summed E-state index contributed by atoms with van der Waals surface area (Å²) in [7, 11) is 0. The summed E-state index contributed by atoms with van der Waals surface area (Å²) in [6.07, 6.45) is 2.42. The van der Waals surface area contributed by atoms with Crippen LogP contribution in [0, 0.1) is 11.8 Å². The van der Waals surface area contributed by atoms with Gasteiger partial charge in [0.1, 0.15) is 6.04 Å². The fraction of sp³-hybridized carbons (Fsp3) is 0.857. The first-order chi connectivity index (χ1) is 15.0. The number of amides is 3. The van der Waals surface area contributed by atoms with Crippen molar-refractivity contribution < 1.29 is 24.2 Å². The third-order valence-electron chi connectivity index (χ3n) is 7.07. The Kier molecular flexibility index (Phi) is 7.10. The predicted octanol–water partition coefficient (Wildman–Crippen LogP) is -0.955. The zero-order valence-electron chi connectivity index (χ0n) is 18.2. The highest BCUT2D eigenvalue weighted by Gasteiger charge is 2.73. The van der Waals surface area contributed by atoms with Crippen LogP contribution in [0.15, 0.2) is 0 Å². The van der Waals surface area contributed by atoms with Gasteiger partial charge in [0, 0.05) is 44.5 Å². The summed E-state index contributed by atoms with van der Waals surface area (Å²) in [5.74, 6) is -1.29. The van der Waals surface area contributed by atoms with E-state index < -0.39 is 22.6 Å². The molecule has 3 amide bonds. The molecular formula is C21H34N4O5S. The van der Waals surface area contributed by atoms with Crippen molar-refractivity contribution in [3.05, 3.63) is 0 Å². The average Bonchev–Trinajstić information content (AvgIpc) is 3.41. The van der Waals surface area contributed by atoms with E-state index in [2.05, 4.69) is 15.5 Å². The topological polar surface area (TPSA) is 111 Å². The standard InChI is InChI=1S/C21H34N4O5S/c1-2-5-22-18(27)15-14-3-4-21(31-14)16(15)20(29)25(8-11-26)17(21)19(28)23-6-7-24-9-12-30-13-10-24/h14-17,26H,2-13H2,1H3,(H,22,27)(H,23,28)/t14-,15+,16-,17?,21?/m0/s1. The average molecular weight is 455 g/mol. The summed E-state index contributed by atoms with van der Waals surface area (Å²) in [6.45, 7) is 6.87. The van der Waals surface area contributed by atoms with Crippen molar-refractivity contribution in [2.75, 3.05) is 59.1 Å². The molecule has 0 aromatic carbocycles. The molecular weight excluding hydrogens is 420 g/mol. The molecule has 174 valence electrons. The third kappa shape index (κ3) is 4.07. The van der Waals surface area contributed by atoms with E-state index in [0.717, 1.165) is 38.9 Å². The Labute approximate surface area is 187 Å². The van der Waals surface area contributed by atoms with Gasteiger partial charge in [-0.15, -0.1) is 11.8 Å². The molecule has 0 aromatic heterocycles. The maximum Gasteiger partial charge on any atom is 0.244 e. The molecule has 2 unspecified atom stereocenters. The molecule has 10 heteroatoms. The van der Waals surface area contributed by atoms with Gasteiger partial charge in [0.25, 0.3) is 0 Å². The number of hydrogen-bond donors (Lipinski definition) is 3. The normalized spacial score (nSPS) is 34.8. The maximum atomic E-state index is 13.4. The molecule has 0 saturated carbocycles. The van der Waals surface area contributed by atoms with Crippen molar-refractivity contribution in [1.29, 1.82) is 0 Å². The van der Waals surface area contributed by atoms with Crippen LogP contribution in [0.4, 0.5) is 0 Å². The number of aliphatic hydroxyl groups is 1. The fourth-order valence-electron chi connectivity index (χ4n) is 5.73. The Morgan fingerprint density at radius 3 is 2.65 bits per heavy atom. The minimum atomic E-state index is -0.638. The van der Waals surface area contributed by atoms with Gasteiger partial charge in [-0.3, -0.25) is 19.3 Å². The second kappa shape index (κ2) is 9.64. The van der Waals surface area contributed by atoms with Crippen LogP contribution in [0.2, 0.25) is 0 Å². The largest absolute Gasteiger partial charge is 0.395 e. The highest BCUT2D eigenvalue weighted by Crippen LogP contribution is 2.66. The number of carbonyl (C=O) groups is 3. The van der Waals surface area contributed by atoms with Gasteiger partial charge >= 0.3 is 0 Å². The van der Waals surface area contributed by atoms with Crippen molar-refractivity contribution >= 4 is 29.5 Å². The lowest BCUT2D eigenvalue weighted by molar-refractivity contribution is -0.140. The van der Waals surface area contributed by atoms with Crippen LogP contribution in [-0.2, 0) is 19.1 Å². The number of morpholine rings is 1. The molecule has 4 rings (SSSR count). The zero-order chi connectivity index (χ0) is 22.0. The number of nitrogens with one attached hydrogen (secondary N) is 2. The summed E-state index contributed by atoms with van der Waals surface area (Å²) in [5, 5.41) is 15.7. The summed E-state index contributed by atoms with van der Waals surface area (Å²) in [5.41, 5.74) is 0. The van der Waals surface area contributed by atoms with E-state index in [1.807, 2.05) is 6.92 Å². The van der Waals surface area contributed by atoms with E-state index >= 15 is 0 Å². The van der Waals surface area contributed by atoms with Crippen LogP contribution in [-0.4, -0.2) is 108 Å². The molecule has 2 bridgehead atoms. The molecule has 1 spiro atoms. The molecule has 4 heterocycles. The number of likely N-dealkylation sites (tertiary alicyclic amines) is 1. The quantitative estimate of drug-likeness (QED) is 0.412. The Hall–Kier alpha value is -1.36. The van der Waals surface area contributed by atoms with E-state index in [-0.39, 0.29) is 36.1 Å². The molecule has 0 radical (unpaired) electrons. The first-order valence-corrected chi connectivity index (χ1v) is 12.4. The molecule has 0 aromatic rings. The number of nitrogens with zero attached hydrogens (tertiary/aromatic N) is 2. The van der Waals surface area contributed by atoms with Gasteiger partial charge in [0.05, 0.1) is 36.4 Å². The first-order valence-electron chi connectivity index (χ1n) is 11.5. The molecule has 31 heavy (non-hydrogen) atoms. The molecule has 0 aliphatic carbocycles. The summed E-state index contributed by atoms with van der Waals surface area (Å²) in [6, 6.07) is -0.638. The van der Waals surface area contributed by atoms with Crippen molar-refractivity contribution in [2.45, 2.75) is 42.2 Å². The minimum absolute atomic E-state index is 0.0726. The number of ether oxygens (including phenoxy) is 1. The highest BCUT2D eigenvalue weighted by atomic mass is 32.2. The second-order valence-electron chi connectivity index (χ2n) is 8.85. The summed E-state index contributed by atoms with van der Waals surface area (Å²) < 4.78 is 4.79. The van der Waals surface area contributed by atoms with Gasteiger partial charge in [0.2, 0.25) is 17.7 Å². The fourth-order valence-corrected chi connectivity index (χ4v) is 7.95. The van der Waals surface area contributed by atoms with Crippen molar-refractivity contribution in [3.8, 4) is 0 Å². The van der Waals surface area contributed by atoms with Crippen LogP contribution >= 0.6 is 11.8 Å². The van der Waals surface area contributed by atoms with Crippen LogP contribution in [0.25, 0.3) is 0 Å². The number of thioether (sulfide) groups is 1. The van der Waals surface area contributed by atoms with E-state index in [9.17, 15) is 19.5 Å². The minimum Gasteiger partial charge on any atom is -0.395 e. The third-order valence-corrected chi connectivity index (χ3v) is 9.02. The Bertz CT molecular complexity index is 703. The Morgan fingerprint density at radius 2 is 1.94 bits per heavy atom. The van der Waals surface area contributed by atoms with Crippen LogP contribution in [0.5, 0.6) is 0 Å². The lowest BCUT2D eigenvalue weighted by atomic mass is 9.70. The van der Waals surface area contributed by atoms with Crippen molar-refractivity contribution in [2.24, 2.45) is 11.8 Å². The lowest BCUT2D eigenvalue weighted by Crippen LogP contribution is -2.55. The van der Waals surface area contributed by atoms with Crippen LogP contribution in [0.3, 0.4) is 0 Å². The van der Waals surface area contributed by atoms with Gasteiger partial charge in [-0.05, 0) is 19.3 Å². The zero-order valence-corrected chi connectivity index (χ0v) is 19.0. The number of β-amino-alcohol motifs (C(OH)–C–C–N with tert-alkyl or cyclic N) is 1. The van der Waals surface area contributed by atoms with Crippen molar-refractivity contribution in [3.63, 3.8) is 0 Å². The predicted molar refractivity (Wildman–Crippen MR) is 116 cm³/mol. The summed E-state index contributed by atoms with van der Waals surface area (Å²) in [4.78, 5) is 43.4. The van der Waals surface area contributed by atoms with Gasteiger partial charge in [-0.2, -0.15) is 0 Å². The van der Waals surface area contributed by atoms with Gasteiger partial charge < -0.3 is 25.4 Å². The number of aliphatic hydroxyl groups excluding tert-OH is 1. The second-order valence-corrected chi connectivity index (χ2v) is 10.4. The molecule has 3 N–H and O–H groups in total. The molecule has 9 nitrogen and oxygen atoms in total. The van der Waals surface area contributed by atoms with Crippen LogP contribution < -0.4 is 10.6 Å². The molecule has 4 saturated heterocycles. The first kappa shape index (κ1) is 22.8. The van der Waals surface area contributed by atoms with E-state index in [1.165, 1.54) is 4.90 Å². The van der Waals surface area contributed by atoms with Gasteiger partial charge in [-0.25, -0.2) is 0 Å². The molecule has 4 fully saturated rings. The van der Waals surface area contributed by atoms with Crippen molar-refractivity contribution in [1.82, 2.24) is 20.4 Å². The summed E-state index contributed by atoms with van der Waals surface area (Å²) >= 11 is 1.66. The van der Waals surface area contributed by atoms with E-state index in [4.69, 9.17) is 4.74 Å². The van der Waals surface area contributed by atoms with Crippen LogP contribution in [0.1, 0.15) is 26.2 Å². The number of carbonyl (C=O) groups excluding carboxylic acids is 3. The van der Waals surface area contributed by atoms with Gasteiger partial charge in [0.15, 0.2) is 0 Å². The van der Waals surface area contributed by atoms with E-state index in [0.29, 0.717) is 26.3 Å². The maximum absolute atomic E-state index is 13.4.